The van der Waals surface area contributed by atoms with Gasteiger partial charge in [-0.1, -0.05) is 188 Å². The Morgan fingerprint density at radius 3 is 1.82 bits per heavy atom. The van der Waals surface area contributed by atoms with Gasteiger partial charge in [0, 0.05) is 66.4 Å². The van der Waals surface area contributed by atoms with Crippen molar-refractivity contribution in [3.05, 3.63) is 211 Å². The van der Waals surface area contributed by atoms with E-state index in [2.05, 4.69) is 67.8 Å². The molecule has 8 aromatic carbocycles. The third-order valence-electron chi connectivity index (χ3n) is 14.0. The number of fused-ring (bicyclic) bond motifs is 10. The summed E-state index contributed by atoms with van der Waals surface area (Å²) in [7, 11) is 0. The number of hydrogen-bond donors (Lipinski definition) is 0. The molecule has 1 aliphatic rings. The first kappa shape index (κ1) is 35.7. The largest absolute Gasteiger partial charge is 0.509 e. The Balaban J connectivity index is 0.00000752. The molecule has 0 unspecified atom stereocenters. The van der Waals surface area contributed by atoms with E-state index in [1.165, 1.54) is 12.1 Å². The molecule has 0 bridgehead atoms. The predicted molar refractivity (Wildman–Crippen MR) is 303 cm³/mol. The standard InChI is InChI=1S/C67H59N4O.Pt/c1-42-29-31-57-53-24-14-12-22-51(53)50-21-11-13-23-52(50)56-26-18-28-59-63(56)70(64(57)62(42)43-35-45(66(5,6)7)37-46(36-43)67(8,9)10)41-69(59)47-19-17-20-48(39-47)72-49-30-32-55-54-25-15-16-27-58(54)71(60(55)40-49)61-38-44(33-34-68-61)65(2,3)4;/h11-38,41H,1-10H3;/q-3;/i1D3,5D3,6D3,7D3;. The fourth-order valence-electron chi connectivity index (χ4n) is 10.4. The van der Waals surface area contributed by atoms with Gasteiger partial charge in [-0.2, -0.15) is 12.1 Å². The van der Waals surface area contributed by atoms with E-state index in [0.717, 1.165) is 60.1 Å². The predicted octanol–water partition coefficient (Wildman–Crippen LogP) is 18.1. The molecule has 0 saturated carbocycles. The summed E-state index contributed by atoms with van der Waals surface area (Å²) in [5.41, 5.74) is 0.806. The van der Waals surface area contributed by atoms with Crippen molar-refractivity contribution in [2.75, 3.05) is 4.90 Å². The molecule has 0 saturated heterocycles. The van der Waals surface area contributed by atoms with Crippen LogP contribution in [0.2, 0.25) is 0 Å². The zero-order chi connectivity index (χ0) is 59.8. The third-order valence-corrected chi connectivity index (χ3v) is 14.0. The summed E-state index contributed by atoms with van der Waals surface area (Å²) in [5, 5.41) is 6.75. The number of rotatable bonds is 5. The molecule has 0 atom stereocenters. The quantitative estimate of drug-likeness (QED) is 0.161. The molecular formula is C67H59N4OPt-3. The van der Waals surface area contributed by atoms with Crippen molar-refractivity contribution in [3.8, 4) is 28.4 Å². The van der Waals surface area contributed by atoms with E-state index in [9.17, 15) is 4.11 Å². The van der Waals surface area contributed by atoms with Crippen molar-refractivity contribution in [2.45, 2.75) is 85.2 Å². The second-order valence-corrected chi connectivity index (χ2v) is 20.9. The van der Waals surface area contributed by atoms with E-state index in [4.69, 9.17) is 22.1 Å². The number of hydrogen-bond acceptors (Lipinski definition) is 3. The van der Waals surface area contributed by atoms with Gasteiger partial charge in [0.1, 0.15) is 5.82 Å². The summed E-state index contributed by atoms with van der Waals surface area (Å²) in [6, 6.07) is 58.5. The van der Waals surface area contributed by atoms with Gasteiger partial charge in [0.15, 0.2) is 0 Å². The van der Waals surface area contributed by atoms with E-state index in [1.807, 2.05) is 146 Å². The molecule has 0 aliphatic carbocycles. The summed E-state index contributed by atoms with van der Waals surface area (Å²) in [4.78, 5) is 6.80. The summed E-state index contributed by atoms with van der Waals surface area (Å²) >= 11 is 0. The van der Waals surface area contributed by atoms with Crippen LogP contribution in [0, 0.1) is 25.7 Å². The van der Waals surface area contributed by atoms with Crippen molar-refractivity contribution in [1.82, 2.24) is 14.1 Å². The van der Waals surface area contributed by atoms with Crippen LogP contribution in [0.3, 0.4) is 0 Å². The first-order chi connectivity index (χ1) is 39.5. The molecule has 11 aromatic rings. The first-order valence-electron chi connectivity index (χ1n) is 30.2. The molecule has 0 amide bonds. The first-order valence-corrected chi connectivity index (χ1v) is 24.2. The average Bonchev–Trinajstić information content (AvgIpc) is 1.39. The normalized spacial score (nSPS) is 15.9. The smallest absolute Gasteiger partial charge is 0.135 e. The van der Waals surface area contributed by atoms with Crippen LogP contribution >= 0.6 is 0 Å². The summed E-state index contributed by atoms with van der Waals surface area (Å²) < 4.78 is 118. The van der Waals surface area contributed by atoms with Gasteiger partial charge in [-0.15, -0.1) is 35.7 Å². The Morgan fingerprint density at radius 1 is 0.534 bits per heavy atom. The Bertz CT molecular complexity index is 4520. The number of ether oxygens (including phenoxy) is 1. The van der Waals surface area contributed by atoms with Crippen LogP contribution in [-0.4, -0.2) is 14.1 Å². The van der Waals surface area contributed by atoms with Crippen molar-refractivity contribution >= 4 is 76.5 Å². The molecule has 3 aromatic heterocycles. The monoisotopic (exact) mass is 1140 g/mol. The van der Waals surface area contributed by atoms with Gasteiger partial charge in [-0.25, -0.2) is 4.98 Å². The van der Waals surface area contributed by atoms with Crippen molar-refractivity contribution in [1.29, 1.82) is 0 Å². The van der Waals surface area contributed by atoms with Gasteiger partial charge >= 0.3 is 0 Å². The Morgan fingerprint density at radius 2 is 1.14 bits per heavy atom. The van der Waals surface area contributed by atoms with Crippen LogP contribution in [0.5, 0.6) is 11.5 Å². The van der Waals surface area contributed by atoms with Gasteiger partial charge in [0.25, 0.3) is 0 Å². The van der Waals surface area contributed by atoms with Crippen LogP contribution in [0.4, 0.5) is 11.4 Å². The maximum Gasteiger partial charge on any atom is 0.135 e. The average molecular weight is 1140 g/mol. The van der Waals surface area contributed by atoms with E-state index in [1.54, 1.807) is 18.2 Å². The molecule has 0 fully saturated rings. The molecule has 73 heavy (non-hydrogen) atoms. The molecule has 0 radical (unpaired) electrons. The fraction of sp³-hybridized carbons (Fsp3) is 0.194. The molecule has 0 spiro atoms. The minimum absolute atomic E-state index is 0. The number of aryl methyl sites for hydroxylation is 1. The van der Waals surface area contributed by atoms with Gasteiger partial charge in [0.05, 0.1) is 0 Å². The molecule has 12 rings (SSSR count). The van der Waals surface area contributed by atoms with Crippen LogP contribution in [0.25, 0.3) is 82.1 Å². The number of aromatic nitrogens is 3. The topological polar surface area (TPSA) is 35.2 Å². The molecule has 4 heterocycles. The van der Waals surface area contributed by atoms with E-state index in [-0.39, 0.29) is 43.2 Å². The van der Waals surface area contributed by atoms with Gasteiger partial charge in [0.2, 0.25) is 0 Å². The SMILES string of the molecule is [2H]C([2H])([2H])c1ccc2c3ccccc3c3ccccc3c3cccc4c3n(c2c1-c1cc(C(C)(C)C)cc(C(C([2H])([2H])[2H])(C([2H])([2H])[2H])C([2H])([2H])[2H])c1)[CH-]N4c1[c-]c(Oc2[c-]c3c(cc2)c2ccccc2n3-c2cc(C(C)(C)C)ccn2)ccc1.[Pt]. The Kier molecular flexibility index (Phi) is 8.67. The zero-order valence-corrected chi connectivity index (χ0v) is 43.5. The number of para-hydroxylation sites is 2. The number of pyridine rings is 1. The maximum atomic E-state index is 9.25. The molecule has 1 aliphatic heterocycles. The molecule has 6 heteroatoms. The minimum atomic E-state index is -3.61. The van der Waals surface area contributed by atoms with E-state index >= 15 is 0 Å². The molecule has 366 valence electrons. The van der Waals surface area contributed by atoms with Crippen molar-refractivity contribution in [2.24, 2.45) is 0 Å². The summed E-state index contributed by atoms with van der Waals surface area (Å²) in [6.45, 7) is 0.275. The van der Waals surface area contributed by atoms with Crippen LogP contribution in [-0.2, 0) is 37.3 Å². The van der Waals surface area contributed by atoms with Crippen LogP contribution in [0.15, 0.2) is 170 Å². The maximum absolute atomic E-state index is 9.25. The van der Waals surface area contributed by atoms with Crippen molar-refractivity contribution < 1.29 is 42.3 Å². The fourth-order valence-corrected chi connectivity index (χ4v) is 10.4. The molecule has 0 N–H and O–H groups in total. The van der Waals surface area contributed by atoms with Crippen molar-refractivity contribution in [3.63, 3.8) is 0 Å². The molecule has 5 nitrogen and oxygen atoms in total. The van der Waals surface area contributed by atoms with Gasteiger partial charge < -0.3 is 18.8 Å². The number of benzene rings is 8. The van der Waals surface area contributed by atoms with Gasteiger partial charge in [-0.3, -0.25) is 0 Å². The van der Waals surface area contributed by atoms with Crippen LogP contribution in [0.1, 0.15) is 101 Å². The Hall–Kier alpha value is -7.33. The number of nitrogens with zero attached hydrogens (tertiary/aromatic N) is 4. The Labute approximate surface area is 460 Å². The zero-order valence-electron chi connectivity index (χ0n) is 53.3. The minimum Gasteiger partial charge on any atom is -0.509 e. The van der Waals surface area contributed by atoms with E-state index < -0.39 is 43.8 Å². The summed E-state index contributed by atoms with van der Waals surface area (Å²) in [5.74, 6) is 1.56. The summed E-state index contributed by atoms with van der Waals surface area (Å²) in [6.07, 6.45) is 1.84. The van der Waals surface area contributed by atoms with Crippen LogP contribution < -0.4 is 9.64 Å². The third kappa shape index (κ3) is 8.23. The van der Waals surface area contributed by atoms with E-state index in [0.29, 0.717) is 44.9 Å². The number of anilines is 2. The second kappa shape index (κ2) is 17.7. The molecular weight excluding hydrogens is 1070 g/mol. The van der Waals surface area contributed by atoms with Gasteiger partial charge in [-0.05, 0) is 131 Å². The second-order valence-electron chi connectivity index (χ2n) is 20.9.